The second-order valence-electron chi connectivity index (χ2n) is 7.48. The fourth-order valence-corrected chi connectivity index (χ4v) is 3.62. The van der Waals surface area contributed by atoms with Gasteiger partial charge in [0.2, 0.25) is 11.7 Å². The zero-order valence-electron chi connectivity index (χ0n) is 17.2. The number of hydrogen-bond acceptors (Lipinski definition) is 5. The van der Waals surface area contributed by atoms with Gasteiger partial charge in [0.05, 0.1) is 18.6 Å². The summed E-state index contributed by atoms with van der Waals surface area (Å²) in [5.74, 6) is 1.34. The van der Waals surface area contributed by atoms with Gasteiger partial charge in [-0.2, -0.15) is 18.2 Å². The lowest BCUT2D eigenvalue weighted by Crippen LogP contribution is -2.41. The smallest absolute Gasteiger partial charge is 0.416 e. The first kappa shape index (κ1) is 21.7. The summed E-state index contributed by atoms with van der Waals surface area (Å²) in [6.07, 6.45) is -3.01. The number of rotatable bonds is 4. The molecule has 2 aromatic carbocycles. The summed E-state index contributed by atoms with van der Waals surface area (Å²) in [4.78, 5) is 18.7. The summed E-state index contributed by atoms with van der Waals surface area (Å²) in [6, 6.07) is 11.4. The van der Waals surface area contributed by atoms with Crippen molar-refractivity contribution >= 4 is 11.7 Å². The number of piperidine rings is 1. The number of carbonyl (C=O) groups excluding carboxylic acids is 1. The molecule has 3 aromatic rings. The molecule has 1 aromatic heterocycles. The summed E-state index contributed by atoms with van der Waals surface area (Å²) in [7, 11) is 1.57. The Balaban J connectivity index is 1.43. The van der Waals surface area contributed by atoms with Gasteiger partial charge < -0.3 is 19.5 Å². The maximum absolute atomic E-state index is 12.9. The van der Waals surface area contributed by atoms with E-state index in [0.29, 0.717) is 37.0 Å². The summed E-state index contributed by atoms with van der Waals surface area (Å²) >= 11 is 0. The van der Waals surface area contributed by atoms with E-state index in [1.54, 1.807) is 18.1 Å². The van der Waals surface area contributed by atoms with E-state index in [1.807, 2.05) is 18.2 Å². The first-order valence-electron chi connectivity index (χ1n) is 10.0. The number of urea groups is 1. The zero-order valence-corrected chi connectivity index (χ0v) is 17.2. The van der Waals surface area contributed by atoms with Crippen LogP contribution in [0, 0.1) is 0 Å². The highest BCUT2D eigenvalue weighted by Crippen LogP contribution is 2.31. The van der Waals surface area contributed by atoms with Gasteiger partial charge in [0, 0.05) is 24.3 Å². The average molecular weight is 446 g/mol. The molecule has 4 rings (SSSR count). The highest BCUT2D eigenvalue weighted by molar-refractivity contribution is 5.89. The topological polar surface area (TPSA) is 80.5 Å². The van der Waals surface area contributed by atoms with Crippen molar-refractivity contribution in [3.63, 3.8) is 0 Å². The summed E-state index contributed by atoms with van der Waals surface area (Å²) in [5, 5.41) is 6.59. The minimum Gasteiger partial charge on any atom is -0.497 e. The molecule has 168 valence electrons. The normalized spacial score (nSPS) is 16.6. The van der Waals surface area contributed by atoms with Crippen molar-refractivity contribution in [2.45, 2.75) is 24.9 Å². The molecule has 2 heterocycles. The minimum absolute atomic E-state index is 0.0880. The number of hydrogen-bond donors (Lipinski definition) is 1. The molecular weight excluding hydrogens is 425 g/mol. The number of aromatic nitrogens is 2. The van der Waals surface area contributed by atoms with Gasteiger partial charge in [-0.1, -0.05) is 23.4 Å². The monoisotopic (exact) mass is 446 g/mol. The lowest BCUT2D eigenvalue weighted by atomic mass is 9.98. The maximum atomic E-state index is 12.9. The fourth-order valence-electron chi connectivity index (χ4n) is 3.62. The number of benzene rings is 2. The van der Waals surface area contributed by atoms with Crippen molar-refractivity contribution in [3.8, 4) is 17.1 Å². The molecule has 1 fully saturated rings. The van der Waals surface area contributed by atoms with Crippen molar-refractivity contribution in [2.24, 2.45) is 0 Å². The first-order chi connectivity index (χ1) is 15.3. The number of alkyl halides is 3. The van der Waals surface area contributed by atoms with Crippen molar-refractivity contribution in [1.82, 2.24) is 15.0 Å². The Morgan fingerprint density at radius 3 is 2.81 bits per heavy atom. The SMILES string of the molecule is COc1cccc(-c2noc(C3CCCN(C(=O)Nc4cccc(C(F)(F)F)c4)C3)n2)c1. The third-order valence-electron chi connectivity index (χ3n) is 5.27. The summed E-state index contributed by atoms with van der Waals surface area (Å²) < 4.78 is 49.4. The Morgan fingerprint density at radius 1 is 1.22 bits per heavy atom. The molecule has 7 nitrogen and oxygen atoms in total. The van der Waals surface area contributed by atoms with E-state index in [1.165, 1.54) is 12.1 Å². The highest BCUT2D eigenvalue weighted by Gasteiger charge is 2.31. The molecule has 0 spiro atoms. The van der Waals surface area contributed by atoms with Gasteiger partial charge in [0.15, 0.2) is 0 Å². The second kappa shape index (κ2) is 8.89. The number of methoxy groups -OCH3 is 1. The van der Waals surface area contributed by atoms with Gasteiger partial charge in [0.1, 0.15) is 5.75 Å². The van der Waals surface area contributed by atoms with Crippen molar-refractivity contribution in [2.75, 3.05) is 25.5 Å². The molecule has 1 saturated heterocycles. The van der Waals surface area contributed by atoms with E-state index < -0.39 is 17.8 Å². The van der Waals surface area contributed by atoms with Crippen LogP contribution in [0.1, 0.15) is 30.2 Å². The lowest BCUT2D eigenvalue weighted by molar-refractivity contribution is -0.137. The summed E-state index contributed by atoms with van der Waals surface area (Å²) in [5.41, 5.74) is 0.0158. The maximum Gasteiger partial charge on any atom is 0.416 e. The van der Waals surface area contributed by atoms with Crippen LogP contribution < -0.4 is 10.1 Å². The van der Waals surface area contributed by atoms with Gasteiger partial charge in [-0.15, -0.1) is 0 Å². The molecule has 0 saturated carbocycles. The van der Waals surface area contributed by atoms with Gasteiger partial charge in [0.25, 0.3) is 0 Å². The number of anilines is 1. The van der Waals surface area contributed by atoms with Gasteiger partial charge in [-0.05, 0) is 43.2 Å². The predicted octanol–water partition coefficient (Wildman–Crippen LogP) is 5.18. The van der Waals surface area contributed by atoms with Crippen LogP contribution in [0.5, 0.6) is 5.75 Å². The van der Waals surface area contributed by atoms with Crippen LogP contribution in [-0.4, -0.2) is 41.3 Å². The number of carbonyl (C=O) groups is 1. The molecule has 10 heteroatoms. The molecule has 2 amide bonds. The van der Waals surface area contributed by atoms with E-state index >= 15 is 0 Å². The van der Waals surface area contributed by atoms with Crippen LogP contribution in [0.3, 0.4) is 0 Å². The van der Waals surface area contributed by atoms with Crippen LogP contribution in [0.2, 0.25) is 0 Å². The number of amides is 2. The molecule has 0 bridgehead atoms. The van der Waals surface area contributed by atoms with Crippen molar-refractivity contribution in [3.05, 3.63) is 60.0 Å². The lowest BCUT2D eigenvalue weighted by Gasteiger charge is -2.31. The summed E-state index contributed by atoms with van der Waals surface area (Å²) in [6.45, 7) is 0.808. The number of halogens is 3. The molecular formula is C22H21F3N4O3. The van der Waals surface area contributed by atoms with E-state index in [2.05, 4.69) is 15.5 Å². The van der Waals surface area contributed by atoms with E-state index in [-0.39, 0.29) is 11.6 Å². The number of nitrogens with zero attached hydrogens (tertiary/aromatic N) is 3. The largest absolute Gasteiger partial charge is 0.497 e. The van der Waals surface area contributed by atoms with Crippen molar-refractivity contribution in [1.29, 1.82) is 0 Å². The fraction of sp³-hybridized carbons (Fsp3) is 0.318. The Bertz CT molecular complexity index is 1100. The molecule has 1 aliphatic heterocycles. The van der Waals surface area contributed by atoms with Crippen LogP contribution in [-0.2, 0) is 6.18 Å². The Hall–Kier alpha value is -3.56. The Labute approximate surface area is 182 Å². The minimum atomic E-state index is -4.48. The molecule has 1 aliphatic rings. The first-order valence-corrected chi connectivity index (χ1v) is 10.0. The molecule has 1 N–H and O–H groups in total. The second-order valence-corrected chi connectivity index (χ2v) is 7.48. The van der Waals surface area contributed by atoms with Crippen LogP contribution in [0.15, 0.2) is 53.1 Å². The zero-order chi connectivity index (χ0) is 22.7. The van der Waals surface area contributed by atoms with E-state index in [4.69, 9.17) is 9.26 Å². The standard InChI is InChI=1S/C22H21F3N4O3/c1-31-18-9-2-5-14(11-18)19-27-20(32-28-19)15-6-4-10-29(13-15)21(30)26-17-8-3-7-16(12-17)22(23,24)25/h2-3,5,7-9,11-12,15H,4,6,10,13H2,1H3,(H,26,30). The van der Waals surface area contributed by atoms with Crippen LogP contribution in [0.4, 0.5) is 23.7 Å². The molecule has 1 atom stereocenters. The number of nitrogens with one attached hydrogen (secondary N) is 1. The number of likely N-dealkylation sites (tertiary alicyclic amines) is 1. The van der Waals surface area contributed by atoms with Crippen LogP contribution >= 0.6 is 0 Å². The van der Waals surface area contributed by atoms with Crippen molar-refractivity contribution < 1.29 is 27.2 Å². The van der Waals surface area contributed by atoms with E-state index in [0.717, 1.165) is 24.1 Å². The van der Waals surface area contributed by atoms with Gasteiger partial charge in [-0.3, -0.25) is 0 Å². The highest BCUT2D eigenvalue weighted by atomic mass is 19.4. The van der Waals surface area contributed by atoms with Crippen LogP contribution in [0.25, 0.3) is 11.4 Å². The van der Waals surface area contributed by atoms with Gasteiger partial charge >= 0.3 is 12.2 Å². The quantitative estimate of drug-likeness (QED) is 0.598. The third kappa shape index (κ3) is 4.84. The Kier molecular flexibility index (Phi) is 6.02. The molecule has 32 heavy (non-hydrogen) atoms. The predicted molar refractivity (Wildman–Crippen MR) is 110 cm³/mol. The van der Waals surface area contributed by atoms with E-state index in [9.17, 15) is 18.0 Å². The molecule has 0 radical (unpaired) electrons. The number of ether oxygens (including phenoxy) is 1. The third-order valence-corrected chi connectivity index (χ3v) is 5.27. The molecule has 1 unspecified atom stereocenters. The Morgan fingerprint density at radius 2 is 2.03 bits per heavy atom. The average Bonchev–Trinajstić information content (AvgIpc) is 3.29. The molecule has 0 aliphatic carbocycles. The van der Waals surface area contributed by atoms with Gasteiger partial charge in [-0.25, -0.2) is 4.79 Å².